The average molecular weight is 461 g/mol. The molecule has 0 aliphatic heterocycles. The van der Waals surface area contributed by atoms with E-state index >= 15 is 4.39 Å². The highest BCUT2D eigenvalue weighted by Crippen LogP contribution is 2.33. The van der Waals surface area contributed by atoms with Crippen molar-refractivity contribution in [3.05, 3.63) is 76.2 Å². The van der Waals surface area contributed by atoms with Gasteiger partial charge in [-0.3, -0.25) is 0 Å². The molecule has 33 heavy (non-hydrogen) atoms. The summed E-state index contributed by atoms with van der Waals surface area (Å²) in [6.07, 6.45) is 10.3. The molecule has 172 valence electrons. The van der Waals surface area contributed by atoms with Gasteiger partial charge in [-0.2, -0.15) is 0 Å². The lowest BCUT2D eigenvalue weighted by Gasteiger charge is -2.10. The summed E-state index contributed by atoms with van der Waals surface area (Å²) in [5.74, 6) is -0.259. The normalized spacial score (nSPS) is 11.5. The highest BCUT2D eigenvalue weighted by molar-refractivity contribution is 7.71. The summed E-state index contributed by atoms with van der Waals surface area (Å²) in [5.41, 5.74) is 4.54. The fraction of sp³-hybridized carbons (Fsp3) is 0.367. The molecule has 1 heterocycles. The molecule has 3 heteroatoms. The van der Waals surface area contributed by atoms with Crippen LogP contribution in [-0.2, 0) is 12.8 Å². The molecule has 0 N–H and O–H groups in total. The van der Waals surface area contributed by atoms with Crippen LogP contribution in [0.4, 0.5) is 4.39 Å². The first-order chi connectivity index (χ1) is 16.1. The maximum atomic E-state index is 15.3. The number of aryl methyl sites for hydroxylation is 2. The molecule has 3 aromatic carbocycles. The van der Waals surface area contributed by atoms with E-state index < -0.39 is 0 Å². The summed E-state index contributed by atoms with van der Waals surface area (Å²) in [6, 6.07) is 18.7. The minimum absolute atomic E-state index is 0.259. The first kappa shape index (κ1) is 23.6. The van der Waals surface area contributed by atoms with Crippen LogP contribution < -0.4 is 0 Å². The van der Waals surface area contributed by atoms with Gasteiger partial charge in [0.2, 0.25) is 0 Å². The molecule has 4 aromatic rings. The summed E-state index contributed by atoms with van der Waals surface area (Å²) in [5, 5.41) is 2.58. The predicted octanol–water partition coefficient (Wildman–Crippen LogP) is 9.98. The molecule has 0 aliphatic carbocycles. The summed E-state index contributed by atoms with van der Waals surface area (Å²) in [4.78, 5) is 0. The Balaban J connectivity index is 1.59. The zero-order chi connectivity index (χ0) is 23.2. The van der Waals surface area contributed by atoms with E-state index in [2.05, 4.69) is 50.2 Å². The molecule has 0 saturated carbocycles. The second-order valence-electron chi connectivity index (χ2n) is 8.99. The Bertz CT molecular complexity index is 1290. The third-order valence-electron chi connectivity index (χ3n) is 6.65. The first-order valence-electron chi connectivity index (χ1n) is 12.4. The lowest BCUT2D eigenvalue weighted by Crippen LogP contribution is -1.94. The fourth-order valence-corrected chi connectivity index (χ4v) is 4.83. The molecule has 0 spiro atoms. The fourth-order valence-electron chi connectivity index (χ4n) is 4.58. The average Bonchev–Trinajstić information content (AvgIpc) is 2.85. The Morgan fingerprint density at radius 1 is 0.727 bits per heavy atom. The SMILES string of the molecule is CCCCCCCCCc1ccc2c(oc(=S)c3cc(-c4ccc(CC)cc4)ccc32)c1F. The molecule has 0 fully saturated rings. The van der Waals surface area contributed by atoms with Gasteiger partial charge < -0.3 is 4.42 Å². The third-order valence-corrected chi connectivity index (χ3v) is 6.95. The molecule has 0 amide bonds. The molecular weight excluding hydrogens is 427 g/mol. The highest BCUT2D eigenvalue weighted by Gasteiger charge is 2.14. The largest absolute Gasteiger partial charge is 0.441 e. The van der Waals surface area contributed by atoms with Crippen molar-refractivity contribution in [2.75, 3.05) is 0 Å². The molecule has 0 bridgehead atoms. The Kier molecular flexibility index (Phi) is 7.93. The van der Waals surface area contributed by atoms with E-state index in [1.807, 2.05) is 18.2 Å². The second kappa shape index (κ2) is 11.1. The number of halogens is 1. The van der Waals surface area contributed by atoms with Gasteiger partial charge in [-0.1, -0.05) is 101 Å². The topological polar surface area (TPSA) is 13.1 Å². The van der Waals surface area contributed by atoms with Crippen molar-refractivity contribution in [3.8, 4) is 11.1 Å². The Morgan fingerprint density at radius 3 is 2.12 bits per heavy atom. The van der Waals surface area contributed by atoms with Crippen molar-refractivity contribution < 1.29 is 8.81 Å². The summed E-state index contributed by atoms with van der Waals surface area (Å²) >= 11 is 5.56. The maximum absolute atomic E-state index is 15.3. The quantitative estimate of drug-likeness (QED) is 0.133. The van der Waals surface area contributed by atoms with Crippen molar-refractivity contribution in [2.45, 2.75) is 71.6 Å². The number of rotatable bonds is 10. The number of fused-ring (bicyclic) bond motifs is 3. The predicted molar refractivity (Wildman–Crippen MR) is 141 cm³/mol. The van der Waals surface area contributed by atoms with Gasteiger partial charge in [-0.15, -0.1) is 0 Å². The van der Waals surface area contributed by atoms with Gasteiger partial charge >= 0.3 is 0 Å². The van der Waals surface area contributed by atoms with Gasteiger partial charge in [-0.05, 0) is 65.2 Å². The van der Waals surface area contributed by atoms with Crippen LogP contribution in [0.5, 0.6) is 0 Å². The van der Waals surface area contributed by atoms with E-state index in [1.165, 1.54) is 37.7 Å². The Morgan fingerprint density at radius 2 is 1.39 bits per heavy atom. The number of benzene rings is 3. The Hall–Kier alpha value is -2.52. The molecule has 0 unspecified atom stereocenters. The third kappa shape index (κ3) is 5.35. The van der Waals surface area contributed by atoms with Crippen LogP contribution in [0.1, 0.15) is 69.9 Å². The van der Waals surface area contributed by atoms with Crippen molar-refractivity contribution in [1.29, 1.82) is 0 Å². The van der Waals surface area contributed by atoms with Crippen LogP contribution >= 0.6 is 12.2 Å². The number of unbranched alkanes of at least 4 members (excludes halogenated alkanes) is 6. The standard InChI is InChI=1S/C30H33FOS/c1-3-5-6-7-8-9-10-11-23-16-19-26-25-18-17-24(22-14-12-21(4-2)13-15-22)20-27(25)30(33)32-29(26)28(23)31/h12-20H,3-11H2,1-2H3. The van der Waals surface area contributed by atoms with Crippen LogP contribution in [0, 0.1) is 10.5 Å². The van der Waals surface area contributed by atoms with Crippen LogP contribution in [-0.4, -0.2) is 0 Å². The lowest BCUT2D eigenvalue weighted by atomic mass is 9.98. The molecule has 0 atom stereocenters. The van der Waals surface area contributed by atoms with Crippen LogP contribution in [0.25, 0.3) is 32.9 Å². The van der Waals surface area contributed by atoms with E-state index in [1.54, 1.807) is 0 Å². The zero-order valence-electron chi connectivity index (χ0n) is 19.8. The molecule has 0 aliphatic rings. The van der Waals surface area contributed by atoms with Crippen molar-refractivity contribution >= 4 is 34.0 Å². The van der Waals surface area contributed by atoms with Crippen molar-refractivity contribution in [3.63, 3.8) is 0 Å². The molecule has 4 rings (SSSR count). The minimum Gasteiger partial charge on any atom is -0.441 e. The van der Waals surface area contributed by atoms with Gasteiger partial charge in [0.25, 0.3) is 0 Å². The van der Waals surface area contributed by atoms with E-state index in [4.69, 9.17) is 16.6 Å². The monoisotopic (exact) mass is 460 g/mol. The summed E-state index contributed by atoms with van der Waals surface area (Å²) < 4.78 is 21.6. The first-order valence-corrected chi connectivity index (χ1v) is 12.8. The van der Waals surface area contributed by atoms with Gasteiger partial charge in [0.05, 0.1) is 0 Å². The van der Waals surface area contributed by atoms with Gasteiger partial charge in [-0.25, -0.2) is 4.39 Å². The zero-order valence-corrected chi connectivity index (χ0v) is 20.6. The second-order valence-corrected chi connectivity index (χ2v) is 9.36. The number of hydrogen-bond donors (Lipinski definition) is 0. The smallest absolute Gasteiger partial charge is 0.198 e. The summed E-state index contributed by atoms with van der Waals surface area (Å²) in [7, 11) is 0. The molecular formula is C30H33FOS. The van der Waals surface area contributed by atoms with Gasteiger partial charge in [0.15, 0.2) is 16.1 Å². The van der Waals surface area contributed by atoms with E-state index in [0.717, 1.165) is 58.5 Å². The van der Waals surface area contributed by atoms with E-state index in [-0.39, 0.29) is 11.4 Å². The van der Waals surface area contributed by atoms with E-state index in [0.29, 0.717) is 4.71 Å². The minimum atomic E-state index is -0.259. The number of hydrogen-bond acceptors (Lipinski definition) is 2. The van der Waals surface area contributed by atoms with Crippen molar-refractivity contribution in [1.82, 2.24) is 0 Å². The highest BCUT2D eigenvalue weighted by atomic mass is 32.1. The maximum Gasteiger partial charge on any atom is 0.198 e. The van der Waals surface area contributed by atoms with E-state index in [9.17, 15) is 0 Å². The van der Waals surface area contributed by atoms with Crippen LogP contribution in [0.3, 0.4) is 0 Å². The molecule has 1 nitrogen and oxygen atoms in total. The molecule has 0 radical (unpaired) electrons. The van der Waals surface area contributed by atoms with Gasteiger partial charge in [0.1, 0.15) is 0 Å². The Labute approximate surface area is 201 Å². The summed E-state index contributed by atoms with van der Waals surface area (Å²) in [6.45, 7) is 4.38. The van der Waals surface area contributed by atoms with Gasteiger partial charge in [0, 0.05) is 10.8 Å². The van der Waals surface area contributed by atoms with Crippen LogP contribution in [0.2, 0.25) is 0 Å². The molecule has 0 saturated heterocycles. The van der Waals surface area contributed by atoms with Crippen molar-refractivity contribution in [2.24, 2.45) is 0 Å². The van der Waals surface area contributed by atoms with Crippen LogP contribution in [0.15, 0.2) is 59.0 Å². The molecule has 1 aromatic heterocycles. The lowest BCUT2D eigenvalue weighted by molar-refractivity contribution is 0.533.